The molecule has 0 fully saturated rings. The minimum Gasteiger partial charge on any atom is -0.468 e. The summed E-state index contributed by atoms with van der Waals surface area (Å²) in [5, 5.41) is 6.40. The van der Waals surface area contributed by atoms with Gasteiger partial charge >= 0.3 is 0 Å². The van der Waals surface area contributed by atoms with Crippen molar-refractivity contribution in [2.75, 3.05) is 13.6 Å². The highest BCUT2D eigenvalue weighted by molar-refractivity contribution is 7.09. The molecule has 2 aromatic heterocycles. The third-order valence-electron chi connectivity index (χ3n) is 2.72. The maximum absolute atomic E-state index is 5.38. The Morgan fingerprint density at radius 2 is 2.33 bits per heavy atom. The van der Waals surface area contributed by atoms with E-state index in [0.717, 1.165) is 42.6 Å². The van der Waals surface area contributed by atoms with Crippen molar-refractivity contribution < 1.29 is 4.42 Å². The van der Waals surface area contributed by atoms with E-state index >= 15 is 0 Å². The van der Waals surface area contributed by atoms with E-state index in [2.05, 4.69) is 27.5 Å². The summed E-state index contributed by atoms with van der Waals surface area (Å²) in [5.41, 5.74) is 1.14. The average Bonchev–Trinajstić information content (AvgIpc) is 3.01. The van der Waals surface area contributed by atoms with Crippen molar-refractivity contribution in [1.29, 1.82) is 0 Å². The van der Waals surface area contributed by atoms with Crippen molar-refractivity contribution in [3.05, 3.63) is 40.2 Å². The van der Waals surface area contributed by atoms with Crippen LogP contribution in [0.2, 0.25) is 0 Å². The monoisotopic (exact) mass is 265 g/mol. The Morgan fingerprint density at radius 3 is 3.00 bits per heavy atom. The molecule has 4 nitrogen and oxygen atoms in total. The van der Waals surface area contributed by atoms with E-state index in [4.69, 9.17) is 4.42 Å². The van der Waals surface area contributed by atoms with E-state index in [0.29, 0.717) is 0 Å². The Labute approximate surface area is 112 Å². The van der Waals surface area contributed by atoms with Crippen molar-refractivity contribution in [1.82, 2.24) is 15.2 Å². The van der Waals surface area contributed by atoms with Crippen LogP contribution >= 0.6 is 11.3 Å². The van der Waals surface area contributed by atoms with Crippen LogP contribution in [0.3, 0.4) is 0 Å². The van der Waals surface area contributed by atoms with Gasteiger partial charge in [-0.25, -0.2) is 4.98 Å². The summed E-state index contributed by atoms with van der Waals surface area (Å²) in [7, 11) is 1.94. The highest BCUT2D eigenvalue weighted by atomic mass is 32.1. The first-order chi connectivity index (χ1) is 8.81. The largest absolute Gasteiger partial charge is 0.468 e. The first-order valence-corrected chi connectivity index (χ1v) is 7.02. The van der Waals surface area contributed by atoms with E-state index in [1.165, 1.54) is 0 Å². The lowest BCUT2D eigenvalue weighted by Gasteiger charge is -2.17. The van der Waals surface area contributed by atoms with Crippen LogP contribution in [-0.2, 0) is 19.6 Å². The summed E-state index contributed by atoms with van der Waals surface area (Å²) in [6.07, 6.45) is 1.72. The third-order valence-corrected chi connectivity index (χ3v) is 3.62. The van der Waals surface area contributed by atoms with Crippen LogP contribution in [0.5, 0.6) is 0 Å². The number of rotatable bonds is 7. The minimum atomic E-state index is 0.836. The van der Waals surface area contributed by atoms with E-state index in [-0.39, 0.29) is 0 Å². The Hall–Kier alpha value is -1.17. The van der Waals surface area contributed by atoms with Gasteiger partial charge < -0.3 is 9.73 Å². The summed E-state index contributed by atoms with van der Waals surface area (Å²) in [5.74, 6) is 1.00. The topological polar surface area (TPSA) is 41.3 Å². The molecule has 0 radical (unpaired) electrons. The first kappa shape index (κ1) is 13.3. The Morgan fingerprint density at radius 1 is 1.44 bits per heavy atom. The molecule has 2 rings (SSSR count). The number of aromatic nitrogens is 1. The SMILES string of the molecule is CCN(Cc1csc(CNC)n1)Cc1ccco1. The van der Waals surface area contributed by atoms with E-state index in [1.54, 1.807) is 17.6 Å². The van der Waals surface area contributed by atoms with Crippen molar-refractivity contribution in [3.8, 4) is 0 Å². The summed E-state index contributed by atoms with van der Waals surface area (Å²) >= 11 is 1.71. The number of furan rings is 1. The van der Waals surface area contributed by atoms with Gasteiger partial charge in [-0.3, -0.25) is 4.90 Å². The predicted octanol–water partition coefficient (Wildman–Crippen LogP) is 2.48. The molecule has 5 heteroatoms. The highest BCUT2D eigenvalue weighted by Gasteiger charge is 2.09. The lowest BCUT2D eigenvalue weighted by atomic mass is 10.3. The molecule has 2 aromatic rings. The molecule has 0 bridgehead atoms. The van der Waals surface area contributed by atoms with Crippen molar-refractivity contribution >= 4 is 11.3 Å². The van der Waals surface area contributed by atoms with Crippen LogP contribution in [0.15, 0.2) is 28.2 Å². The summed E-state index contributed by atoms with van der Waals surface area (Å²) in [6, 6.07) is 3.94. The lowest BCUT2D eigenvalue weighted by Crippen LogP contribution is -2.22. The smallest absolute Gasteiger partial charge is 0.117 e. The van der Waals surface area contributed by atoms with E-state index in [1.807, 2.05) is 19.2 Å². The molecule has 0 atom stereocenters. The summed E-state index contributed by atoms with van der Waals surface area (Å²) in [4.78, 5) is 6.92. The zero-order valence-electron chi connectivity index (χ0n) is 10.8. The molecule has 0 aromatic carbocycles. The molecule has 0 spiro atoms. The van der Waals surface area contributed by atoms with Gasteiger partial charge in [-0.05, 0) is 25.7 Å². The van der Waals surface area contributed by atoms with Crippen LogP contribution in [0, 0.1) is 0 Å². The molecule has 0 saturated heterocycles. The van der Waals surface area contributed by atoms with Crippen molar-refractivity contribution in [2.45, 2.75) is 26.6 Å². The number of hydrogen-bond acceptors (Lipinski definition) is 5. The zero-order chi connectivity index (χ0) is 12.8. The molecule has 0 aliphatic carbocycles. The fourth-order valence-electron chi connectivity index (χ4n) is 1.79. The molecule has 98 valence electrons. The summed E-state index contributed by atoms with van der Waals surface area (Å²) in [6.45, 7) is 5.69. The molecule has 18 heavy (non-hydrogen) atoms. The van der Waals surface area contributed by atoms with Crippen LogP contribution < -0.4 is 5.32 Å². The van der Waals surface area contributed by atoms with Crippen molar-refractivity contribution in [3.63, 3.8) is 0 Å². The standard InChI is InChI=1S/C13H19N3OS/c1-3-16(9-12-5-4-6-17-12)8-11-10-18-13(15-11)7-14-2/h4-6,10,14H,3,7-9H2,1-2H3. The second kappa shape index (κ2) is 6.68. The van der Waals surface area contributed by atoms with E-state index in [9.17, 15) is 0 Å². The number of thiazole rings is 1. The second-order valence-electron chi connectivity index (χ2n) is 4.15. The Balaban J connectivity index is 1.92. The molecule has 0 aliphatic rings. The quantitative estimate of drug-likeness (QED) is 0.835. The number of nitrogens with zero attached hydrogens (tertiary/aromatic N) is 2. The predicted molar refractivity (Wildman–Crippen MR) is 73.4 cm³/mol. The van der Waals surface area contributed by atoms with Gasteiger partial charge in [0.15, 0.2) is 0 Å². The first-order valence-electron chi connectivity index (χ1n) is 6.14. The highest BCUT2D eigenvalue weighted by Crippen LogP contribution is 2.13. The fourth-order valence-corrected chi connectivity index (χ4v) is 2.58. The molecular weight excluding hydrogens is 246 g/mol. The number of nitrogens with one attached hydrogen (secondary N) is 1. The van der Waals surface area contributed by atoms with Crippen LogP contribution in [-0.4, -0.2) is 23.5 Å². The van der Waals surface area contributed by atoms with Crippen LogP contribution in [0.1, 0.15) is 23.4 Å². The maximum Gasteiger partial charge on any atom is 0.117 e. The van der Waals surface area contributed by atoms with Gasteiger partial charge in [-0.1, -0.05) is 6.92 Å². The molecule has 0 unspecified atom stereocenters. The molecule has 0 aliphatic heterocycles. The van der Waals surface area contributed by atoms with Crippen LogP contribution in [0.25, 0.3) is 0 Å². The minimum absolute atomic E-state index is 0.836. The fraction of sp³-hybridized carbons (Fsp3) is 0.462. The average molecular weight is 265 g/mol. The van der Waals surface area contributed by atoms with Gasteiger partial charge in [0.25, 0.3) is 0 Å². The molecule has 0 amide bonds. The van der Waals surface area contributed by atoms with Gasteiger partial charge in [0.05, 0.1) is 18.5 Å². The lowest BCUT2D eigenvalue weighted by molar-refractivity contribution is 0.245. The van der Waals surface area contributed by atoms with Gasteiger partial charge in [0.1, 0.15) is 10.8 Å². The van der Waals surface area contributed by atoms with Gasteiger partial charge in [-0.2, -0.15) is 0 Å². The molecule has 2 heterocycles. The zero-order valence-corrected chi connectivity index (χ0v) is 11.7. The van der Waals surface area contributed by atoms with Gasteiger partial charge in [0.2, 0.25) is 0 Å². The summed E-state index contributed by atoms with van der Waals surface area (Å²) < 4.78 is 5.38. The normalized spacial score (nSPS) is 11.3. The third kappa shape index (κ3) is 3.66. The van der Waals surface area contributed by atoms with Crippen molar-refractivity contribution in [2.24, 2.45) is 0 Å². The Bertz CT molecular complexity index is 453. The number of hydrogen-bond donors (Lipinski definition) is 1. The van der Waals surface area contributed by atoms with Gasteiger partial charge in [0, 0.05) is 18.5 Å². The van der Waals surface area contributed by atoms with Crippen LogP contribution in [0.4, 0.5) is 0 Å². The Kier molecular flexibility index (Phi) is 4.92. The van der Waals surface area contributed by atoms with Gasteiger partial charge in [-0.15, -0.1) is 11.3 Å². The maximum atomic E-state index is 5.38. The molecular formula is C13H19N3OS. The molecule has 1 N–H and O–H groups in total. The second-order valence-corrected chi connectivity index (χ2v) is 5.09. The van der Waals surface area contributed by atoms with E-state index < -0.39 is 0 Å². The molecule has 0 saturated carbocycles.